The predicted octanol–water partition coefficient (Wildman–Crippen LogP) is 0.391. The molecule has 0 aliphatic heterocycles. The summed E-state index contributed by atoms with van der Waals surface area (Å²) in [6.45, 7) is -0.470. The third-order valence-electron chi connectivity index (χ3n) is 2.13. The second-order valence-corrected chi connectivity index (χ2v) is 3.17. The molecule has 0 bridgehead atoms. The van der Waals surface area contributed by atoms with Crippen molar-refractivity contribution in [3.05, 3.63) is 23.3 Å². The highest BCUT2D eigenvalue weighted by atomic mass is 16.5. The zero-order chi connectivity index (χ0) is 13.4. The molecule has 0 amide bonds. The average Bonchev–Trinajstić information content (AvgIpc) is 2.42. The Morgan fingerprint density at radius 2 is 1.28 bits per heavy atom. The van der Waals surface area contributed by atoms with Crippen LogP contribution in [0.1, 0.15) is 11.1 Å². The van der Waals surface area contributed by atoms with Gasteiger partial charge in [-0.1, -0.05) is 23.7 Å². The molecule has 0 spiro atoms. The van der Waals surface area contributed by atoms with Crippen LogP contribution in [-0.4, -0.2) is 37.6 Å². The second kappa shape index (κ2) is 7.24. The van der Waals surface area contributed by atoms with Crippen LogP contribution in [0.4, 0.5) is 0 Å². The number of aliphatic hydroxyl groups is 2. The molecule has 0 aromatic heterocycles. The van der Waals surface area contributed by atoms with Crippen molar-refractivity contribution in [2.24, 2.45) is 0 Å². The van der Waals surface area contributed by atoms with Crippen LogP contribution in [0.3, 0.4) is 0 Å². The summed E-state index contributed by atoms with van der Waals surface area (Å²) in [7, 11) is 3.06. The van der Waals surface area contributed by atoms with E-state index in [-0.39, 0.29) is 13.2 Å². The Kier molecular flexibility index (Phi) is 5.60. The zero-order valence-electron chi connectivity index (χ0n) is 10.3. The van der Waals surface area contributed by atoms with E-state index in [4.69, 9.17) is 19.7 Å². The van der Waals surface area contributed by atoms with Crippen LogP contribution in [-0.2, 0) is 0 Å². The molecule has 1 aromatic rings. The van der Waals surface area contributed by atoms with Crippen LogP contribution in [0.15, 0.2) is 12.1 Å². The monoisotopic (exact) mass is 246 g/mol. The molecule has 0 aliphatic carbocycles. The third-order valence-corrected chi connectivity index (χ3v) is 2.13. The van der Waals surface area contributed by atoms with E-state index >= 15 is 0 Å². The Labute approximate surface area is 106 Å². The number of hydrogen-bond acceptors (Lipinski definition) is 4. The number of methoxy groups -OCH3 is 2. The van der Waals surface area contributed by atoms with E-state index in [1.807, 2.05) is 0 Å². The van der Waals surface area contributed by atoms with Gasteiger partial charge >= 0.3 is 0 Å². The fraction of sp³-hybridized carbons (Fsp3) is 0.286. The number of hydrogen-bond donors (Lipinski definition) is 2. The van der Waals surface area contributed by atoms with Crippen LogP contribution >= 0.6 is 0 Å². The molecular formula is C14H14O4. The van der Waals surface area contributed by atoms with E-state index in [1.165, 1.54) is 14.2 Å². The third kappa shape index (κ3) is 3.43. The maximum atomic E-state index is 8.72. The van der Waals surface area contributed by atoms with E-state index < -0.39 is 0 Å². The number of aliphatic hydroxyl groups excluding tert-OH is 2. The fourth-order valence-corrected chi connectivity index (χ4v) is 1.36. The van der Waals surface area contributed by atoms with Gasteiger partial charge in [0.15, 0.2) is 11.5 Å². The molecule has 4 heteroatoms. The standard InChI is InChI=1S/C14H14O4/c1-17-13-9-11(5-3-7-15)12(6-4-8-16)10-14(13)18-2/h9-10,15-16H,7-8H2,1-2H3. The van der Waals surface area contributed by atoms with Gasteiger partial charge in [0.05, 0.1) is 14.2 Å². The van der Waals surface area contributed by atoms with E-state index in [0.29, 0.717) is 22.6 Å². The molecule has 0 saturated heterocycles. The smallest absolute Gasteiger partial charge is 0.162 e. The van der Waals surface area contributed by atoms with Gasteiger partial charge in [0.25, 0.3) is 0 Å². The zero-order valence-corrected chi connectivity index (χ0v) is 10.3. The van der Waals surface area contributed by atoms with Gasteiger partial charge in [-0.05, 0) is 0 Å². The minimum Gasteiger partial charge on any atom is -0.493 e. The van der Waals surface area contributed by atoms with Crippen molar-refractivity contribution in [2.45, 2.75) is 0 Å². The molecule has 0 saturated carbocycles. The predicted molar refractivity (Wildman–Crippen MR) is 67.5 cm³/mol. The molecule has 0 fully saturated rings. The Balaban J connectivity index is 3.35. The van der Waals surface area contributed by atoms with Crippen molar-refractivity contribution in [3.8, 4) is 35.2 Å². The SMILES string of the molecule is COc1cc(C#CCO)c(C#CCO)cc1OC. The van der Waals surface area contributed by atoms with Gasteiger partial charge in [-0.25, -0.2) is 0 Å². The largest absolute Gasteiger partial charge is 0.493 e. The van der Waals surface area contributed by atoms with Crippen molar-refractivity contribution in [3.63, 3.8) is 0 Å². The van der Waals surface area contributed by atoms with E-state index in [9.17, 15) is 0 Å². The fourth-order valence-electron chi connectivity index (χ4n) is 1.36. The first kappa shape index (κ1) is 13.9. The highest BCUT2D eigenvalue weighted by Crippen LogP contribution is 2.29. The van der Waals surface area contributed by atoms with Crippen molar-refractivity contribution >= 4 is 0 Å². The van der Waals surface area contributed by atoms with E-state index in [1.54, 1.807) is 12.1 Å². The van der Waals surface area contributed by atoms with Gasteiger partial charge in [-0.2, -0.15) is 0 Å². The van der Waals surface area contributed by atoms with Crippen molar-refractivity contribution < 1.29 is 19.7 Å². The summed E-state index contributed by atoms with van der Waals surface area (Å²) < 4.78 is 10.3. The number of ether oxygens (including phenoxy) is 2. The van der Waals surface area contributed by atoms with Crippen LogP contribution in [0.2, 0.25) is 0 Å². The molecule has 4 nitrogen and oxygen atoms in total. The van der Waals surface area contributed by atoms with Gasteiger partial charge in [0, 0.05) is 23.3 Å². The normalized spacial score (nSPS) is 8.67. The van der Waals surface area contributed by atoms with Crippen molar-refractivity contribution in [2.75, 3.05) is 27.4 Å². The molecule has 1 rings (SSSR count). The first-order valence-corrected chi connectivity index (χ1v) is 5.22. The van der Waals surface area contributed by atoms with E-state index in [2.05, 4.69) is 23.7 Å². The lowest BCUT2D eigenvalue weighted by molar-refractivity contribution is 0.350. The summed E-state index contributed by atoms with van der Waals surface area (Å²) in [6, 6.07) is 3.37. The molecule has 94 valence electrons. The van der Waals surface area contributed by atoms with E-state index in [0.717, 1.165) is 0 Å². The van der Waals surface area contributed by atoms with Crippen molar-refractivity contribution in [1.82, 2.24) is 0 Å². The first-order valence-electron chi connectivity index (χ1n) is 5.22. The molecule has 0 aliphatic rings. The van der Waals surface area contributed by atoms with Crippen LogP contribution in [0, 0.1) is 23.7 Å². The quantitative estimate of drug-likeness (QED) is 0.741. The van der Waals surface area contributed by atoms with Gasteiger partial charge in [-0.15, -0.1) is 0 Å². The lowest BCUT2D eigenvalue weighted by Crippen LogP contribution is -1.94. The highest BCUT2D eigenvalue weighted by Gasteiger charge is 2.08. The summed E-state index contributed by atoms with van der Waals surface area (Å²) in [4.78, 5) is 0. The maximum absolute atomic E-state index is 8.72. The average molecular weight is 246 g/mol. The molecular weight excluding hydrogens is 232 g/mol. The van der Waals surface area contributed by atoms with Gasteiger partial charge in [0.2, 0.25) is 0 Å². The van der Waals surface area contributed by atoms with Gasteiger partial charge < -0.3 is 19.7 Å². The summed E-state index contributed by atoms with van der Waals surface area (Å²) in [5.74, 6) is 11.7. The summed E-state index contributed by atoms with van der Waals surface area (Å²) in [6.07, 6.45) is 0. The van der Waals surface area contributed by atoms with Crippen molar-refractivity contribution in [1.29, 1.82) is 0 Å². The molecule has 2 N–H and O–H groups in total. The van der Waals surface area contributed by atoms with Crippen LogP contribution < -0.4 is 9.47 Å². The summed E-state index contributed by atoms with van der Waals surface area (Å²) in [5.41, 5.74) is 1.23. The molecule has 0 atom stereocenters. The van der Waals surface area contributed by atoms with Crippen LogP contribution in [0.25, 0.3) is 0 Å². The topological polar surface area (TPSA) is 58.9 Å². The Morgan fingerprint density at radius 1 is 0.889 bits per heavy atom. The molecule has 18 heavy (non-hydrogen) atoms. The lowest BCUT2D eigenvalue weighted by Gasteiger charge is -2.09. The summed E-state index contributed by atoms with van der Waals surface area (Å²) >= 11 is 0. The van der Waals surface area contributed by atoms with Crippen LogP contribution in [0.5, 0.6) is 11.5 Å². The number of rotatable bonds is 2. The number of benzene rings is 1. The Morgan fingerprint density at radius 3 is 1.56 bits per heavy atom. The Bertz CT molecular complexity index is 477. The molecule has 0 radical (unpaired) electrons. The minimum atomic E-state index is -0.235. The molecule has 0 unspecified atom stereocenters. The first-order chi connectivity index (χ1) is 8.76. The van der Waals surface area contributed by atoms with Gasteiger partial charge in [0.1, 0.15) is 13.2 Å². The second-order valence-electron chi connectivity index (χ2n) is 3.17. The molecule has 0 heterocycles. The van der Waals surface area contributed by atoms with Gasteiger partial charge in [-0.3, -0.25) is 0 Å². The summed E-state index contributed by atoms with van der Waals surface area (Å²) in [5, 5.41) is 17.4. The lowest BCUT2D eigenvalue weighted by atomic mass is 10.1. The highest BCUT2D eigenvalue weighted by molar-refractivity contribution is 5.58. The molecule has 1 aromatic carbocycles. The Hall–Kier alpha value is -2.14. The maximum Gasteiger partial charge on any atom is 0.162 e. The minimum absolute atomic E-state index is 0.235.